The average Bonchev–Trinajstić information content (AvgIpc) is 2.64. The highest BCUT2D eigenvalue weighted by Gasteiger charge is 2.16. The third kappa shape index (κ3) is 5.67. The van der Waals surface area contributed by atoms with E-state index in [1.165, 1.54) is 42.5 Å². The minimum Gasteiger partial charge on any atom is -0.480 e. The van der Waals surface area contributed by atoms with Crippen molar-refractivity contribution in [2.45, 2.75) is 23.8 Å². The van der Waals surface area contributed by atoms with Crippen LogP contribution in [-0.2, 0) is 14.9 Å². The van der Waals surface area contributed by atoms with Crippen LogP contribution in [0.4, 0.5) is 17.1 Å². The van der Waals surface area contributed by atoms with Crippen molar-refractivity contribution in [3.8, 4) is 0 Å². The van der Waals surface area contributed by atoms with Gasteiger partial charge in [0.25, 0.3) is 10.1 Å². The van der Waals surface area contributed by atoms with Gasteiger partial charge in [0.1, 0.15) is 6.04 Å². The van der Waals surface area contributed by atoms with Crippen molar-refractivity contribution >= 4 is 38.9 Å². The Labute approximate surface area is 160 Å². The number of carboxylic acids is 1. The number of nitrogens with zero attached hydrogens (tertiary/aromatic N) is 2. The molecule has 2 aromatic rings. The zero-order chi connectivity index (χ0) is 20.9. The molecule has 28 heavy (non-hydrogen) atoms. The SMILES string of the molecule is Nc1ccc(/N=N/c2ccc(S(=O)(=O)O)cc2)cc1C(=O)CCC(N)C(=O)O. The first-order valence-electron chi connectivity index (χ1n) is 7.98. The molecule has 0 aliphatic heterocycles. The van der Waals surface area contributed by atoms with E-state index in [0.29, 0.717) is 11.4 Å². The molecular formula is C17H18N4O6S. The van der Waals surface area contributed by atoms with Crippen LogP contribution in [-0.4, -0.2) is 35.9 Å². The summed E-state index contributed by atoms with van der Waals surface area (Å²) in [7, 11) is -4.29. The Hall–Kier alpha value is -3.15. The number of carboxylic acid groups (broad SMARTS) is 1. The Morgan fingerprint density at radius 3 is 2.18 bits per heavy atom. The van der Waals surface area contributed by atoms with E-state index in [2.05, 4.69) is 10.2 Å². The van der Waals surface area contributed by atoms with Crippen molar-refractivity contribution in [1.29, 1.82) is 0 Å². The van der Waals surface area contributed by atoms with E-state index < -0.39 is 22.1 Å². The number of azo groups is 1. The molecular weight excluding hydrogens is 388 g/mol. The highest BCUT2D eigenvalue weighted by atomic mass is 32.2. The number of carbonyl (C=O) groups excluding carboxylic acids is 1. The van der Waals surface area contributed by atoms with Crippen molar-refractivity contribution in [2.24, 2.45) is 16.0 Å². The van der Waals surface area contributed by atoms with Gasteiger partial charge in [-0.25, -0.2) is 0 Å². The Morgan fingerprint density at radius 2 is 1.61 bits per heavy atom. The summed E-state index contributed by atoms with van der Waals surface area (Å²) in [5.41, 5.74) is 12.2. The van der Waals surface area contributed by atoms with Gasteiger partial charge in [-0.1, -0.05) is 0 Å². The predicted octanol–water partition coefficient (Wildman–Crippen LogP) is 2.31. The third-order valence-electron chi connectivity index (χ3n) is 3.75. The molecule has 0 amide bonds. The molecule has 0 aliphatic rings. The summed E-state index contributed by atoms with van der Waals surface area (Å²) in [5, 5.41) is 16.7. The average molecular weight is 406 g/mol. The summed E-state index contributed by atoms with van der Waals surface area (Å²) < 4.78 is 31.0. The quantitative estimate of drug-likeness (QED) is 0.222. The second-order valence-corrected chi connectivity index (χ2v) is 7.27. The third-order valence-corrected chi connectivity index (χ3v) is 4.62. The highest BCUT2D eigenvalue weighted by molar-refractivity contribution is 7.85. The van der Waals surface area contributed by atoms with Crippen LogP contribution < -0.4 is 11.5 Å². The molecule has 0 aliphatic carbocycles. The lowest BCUT2D eigenvalue weighted by molar-refractivity contribution is -0.138. The van der Waals surface area contributed by atoms with Crippen LogP contribution in [0.1, 0.15) is 23.2 Å². The number of anilines is 1. The van der Waals surface area contributed by atoms with Crippen LogP contribution >= 0.6 is 0 Å². The number of rotatable bonds is 8. The van der Waals surface area contributed by atoms with Gasteiger partial charge in [0.05, 0.1) is 16.3 Å². The molecule has 2 aromatic carbocycles. The lowest BCUT2D eigenvalue weighted by Crippen LogP contribution is -2.30. The van der Waals surface area contributed by atoms with Gasteiger partial charge in [0.15, 0.2) is 5.78 Å². The summed E-state index contributed by atoms with van der Waals surface area (Å²) in [4.78, 5) is 22.7. The Morgan fingerprint density at radius 1 is 1.04 bits per heavy atom. The number of benzene rings is 2. The van der Waals surface area contributed by atoms with Gasteiger partial charge < -0.3 is 16.6 Å². The van der Waals surface area contributed by atoms with E-state index in [1.54, 1.807) is 0 Å². The first kappa shape index (κ1) is 21.2. The molecule has 0 saturated carbocycles. The molecule has 11 heteroatoms. The molecule has 0 spiro atoms. The first-order valence-corrected chi connectivity index (χ1v) is 9.42. The van der Waals surface area contributed by atoms with Gasteiger partial charge in [0.2, 0.25) is 0 Å². The van der Waals surface area contributed by atoms with Crippen LogP contribution in [0.25, 0.3) is 0 Å². The van der Waals surface area contributed by atoms with Crippen molar-refractivity contribution in [2.75, 3.05) is 5.73 Å². The second-order valence-electron chi connectivity index (χ2n) is 5.85. The monoisotopic (exact) mass is 406 g/mol. The fraction of sp³-hybridized carbons (Fsp3) is 0.176. The van der Waals surface area contributed by atoms with Crippen LogP contribution in [0, 0.1) is 0 Å². The minimum absolute atomic E-state index is 0.0283. The molecule has 10 nitrogen and oxygen atoms in total. The molecule has 1 unspecified atom stereocenters. The molecule has 0 aromatic heterocycles. The molecule has 148 valence electrons. The zero-order valence-corrected chi connectivity index (χ0v) is 15.3. The topological polar surface area (TPSA) is 186 Å². The van der Waals surface area contributed by atoms with Crippen LogP contribution in [0.15, 0.2) is 57.6 Å². The van der Waals surface area contributed by atoms with Gasteiger partial charge in [0, 0.05) is 17.7 Å². The maximum absolute atomic E-state index is 12.3. The van der Waals surface area contributed by atoms with Crippen molar-refractivity contribution in [3.63, 3.8) is 0 Å². The van der Waals surface area contributed by atoms with Gasteiger partial charge >= 0.3 is 5.97 Å². The summed E-state index contributed by atoms with van der Waals surface area (Å²) >= 11 is 0. The Bertz CT molecular complexity index is 1020. The highest BCUT2D eigenvalue weighted by Crippen LogP contribution is 2.25. The van der Waals surface area contributed by atoms with Crippen molar-refractivity contribution in [1.82, 2.24) is 0 Å². The predicted molar refractivity (Wildman–Crippen MR) is 100 cm³/mol. The second kappa shape index (κ2) is 8.69. The maximum atomic E-state index is 12.3. The van der Waals surface area contributed by atoms with E-state index in [0.717, 1.165) is 0 Å². The fourth-order valence-corrected chi connectivity index (χ4v) is 2.67. The van der Waals surface area contributed by atoms with Crippen LogP contribution in [0.5, 0.6) is 0 Å². The Kier molecular flexibility index (Phi) is 6.57. The molecule has 6 N–H and O–H groups in total. The van der Waals surface area contributed by atoms with Gasteiger partial charge in [-0.2, -0.15) is 18.6 Å². The van der Waals surface area contributed by atoms with E-state index in [-0.39, 0.29) is 34.8 Å². The summed E-state index contributed by atoms with van der Waals surface area (Å²) in [6, 6.07) is 8.33. The van der Waals surface area contributed by atoms with Crippen molar-refractivity contribution < 1.29 is 27.7 Å². The molecule has 0 heterocycles. The van der Waals surface area contributed by atoms with Gasteiger partial charge in [-0.05, 0) is 48.9 Å². The van der Waals surface area contributed by atoms with E-state index in [1.807, 2.05) is 0 Å². The number of aliphatic carboxylic acids is 1. The smallest absolute Gasteiger partial charge is 0.320 e. The summed E-state index contributed by atoms with van der Waals surface area (Å²) in [6.07, 6.45) is -0.116. The summed E-state index contributed by atoms with van der Waals surface area (Å²) in [6.45, 7) is 0. The first-order chi connectivity index (χ1) is 13.1. The van der Waals surface area contributed by atoms with Crippen LogP contribution in [0.2, 0.25) is 0 Å². The largest absolute Gasteiger partial charge is 0.480 e. The van der Waals surface area contributed by atoms with E-state index in [4.69, 9.17) is 21.1 Å². The molecule has 0 bridgehead atoms. The van der Waals surface area contributed by atoms with Gasteiger partial charge in [-0.3, -0.25) is 14.1 Å². The number of hydrogen-bond donors (Lipinski definition) is 4. The number of nitrogens with two attached hydrogens (primary N) is 2. The molecule has 2 rings (SSSR count). The van der Waals surface area contributed by atoms with Crippen molar-refractivity contribution in [3.05, 3.63) is 48.0 Å². The molecule has 0 fully saturated rings. The lowest BCUT2D eigenvalue weighted by atomic mass is 10.0. The molecule has 1 atom stereocenters. The Balaban J connectivity index is 2.15. The van der Waals surface area contributed by atoms with Gasteiger partial charge in [-0.15, -0.1) is 0 Å². The van der Waals surface area contributed by atoms with E-state index in [9.17, 15) is 18.0 Å². The number of ketones is 1. The van der Waals surface area contributed by atoms with E-state index >= 15 is 0 Å². The lowest BCUT2D eigenvalue weighted by Gasteiger charge is -2.08. The number of Topliss-reactive ketones (excluding diaryl/α,β-unsaturated/α-hetero) is 1. The zero-order valence-electron chi connectivity index (χ0n) is 14.5. The normalized spacial score (nSPS) is 12.8. The molecule has 0 radical (unpaired) electrons. The number of carbonyl (C=O) groups is 2. The standard InChI is InChI=1S/C17H18N4O6S/c18-14-6-3-11(9-13(14)16(22)8-7-15(19)17(23)24)21-20-10-1-4-12(5-2-10)28(25,26)27/h1-6,9,15H,7-8,18-19H2,(H,23,24)(H,25,26,27)/b21-20+. The fourth-order valence-electron chi connectivity index (χ4n) is 2.19. The van der Waals surface area contributed by atoms with Crippen LogP contribution in [0.3, 0.4) is 0 Å². The minimum atomic E-state index is -4.29. The molecule has 0 saturated heterocycles. The number of nitrogen functional groups attached to an aromatic ring is 1. The maximum Gasteiger partial charge on any atom is 0.320 e. The number of hydrogen-bond acceptors (Lipinski definition) is 8. The summed E-state index contributed by atoms with van der Waals surface area (Å²) in [5.74, 6) is -1.56.